The van der Waals surface area contributed by atoms with Gasteiger partial charge in [0.1, 0.15) is 5.65 Å². The third-order valence-corrected chi connectivity index (χ3v) is 3.19. The fourth-order valence-corrected chi connectivity index (χ4v) is 2.37. The molecular formula is C15H10N2. The van der Waals surface area contributed by atoms with E-state index in [9.17, 15) is 0 Å². The third-order valence-electron chi connectivity index (χ3n) is 3.19. The number of aromatic amines is 1. The molecule has 0 aliphatic rings. The van der Waals surface area contributed by atoms with Crippen LogP contribution in [0.5, 0.6) is 0 Å². The molecule has 0 saturated heterocycles. The van der Waals surface area contributed by atoms with Gasteiger partial charge in [-0.15, -0.1) is 0 Å². The average molecular weight is 218 g/mol. The fraction of sp³-hybridized carbons (Fsp3) is 0. The molecule has 0 fully saturated rings. The van der Waals surface area contributed by atoms with Gasteiger partial charge in [-0.1, -0.05) is 36.4 Å². The summed E-state index contributed by atoms with van der Waals surface area (Å²) in [6.07, 6.45) is 0. The Hall–Kier alpha value is -2.35. The summed E-state index contributed by atoms with van der Waals surface area (Å²) in [7, 11) is 0. The summed E-state index contributed by atoms with van der Waals surface area (Å²) in [5, 5.41) is 3.62. The number of nitrogens with zero attached hydrogens (tertiary/aromatic N) is 1. The quantitative estimate of drug-likeness (QED) is 0.477. The maximum atomic E-state index is 4.66. The number of hydrogen-bond acceptors (Lipinski definition) is 1. The highest BCUT2D eigenvalue weighted by Crippen LogP contribution is 2.26. The van der Waals surface area contributed by atoms with Crippen LogP contribution in [0.2, 0.25) is 0 Å². The van der Waals surface area contributed by atoms with E-state index < -0.39 is 0 Å². The van der Waals surface area contributed by atoms with Crippen molar-refractivity contribution in [2.24, 2.45) is 0 Å². The van der Waals surface area contributed by atoms with E-state index in [2.05, 4.69) is 40.3 Å². The minimum absolute atomic E-state index is 0.963. The topological polar surface area (TPSA) is 28.7 Å². The third kappa shape index (κ3) is 1.18. The molecule has 4 rings (SSSR count). The first-order valence-corrected chi connectivity index (χ1v) is 5.68. The molecule has 17 heavy (non-hydrogen) atoms. The zero-order valence-electron chi connectivity index (χ0n) is 9.14. The summed E-state index contributed by atoms with van der Waals surface area (Å²) in [4.78, 5) is 8.02. The van der Waals surface area contributed by atoms with Gasteiger partial charge in [-0.05, 0) is 18.2 Å². The molecule has 1 N–H and O–H groups in total. The molecule has 4 aromatic rings. The van der Waals surface area contributed by atoms with E-state index in [-0.39, 0.29) is 0 Å². The molecule has 80 valence electrons. The van der Waals surface area contributed by atoms with Crippen LogP contribution in [0.1, 0.15) is 0 Å². The number of aromatic nitrogens is 2. The summed E-state index contributed by atoms with van der Waals surface area (Å²) in [5.41, 5.74) is 3.14. The van der Waals surface area contributed by atoms with Gasteiger partial charge in [-0.2, -0.15) is 0 Å². The van der Waals surface area contributed by atoms with Crippen LogP contribution in [0, 0.1) is 0 Å². The van der Waals surface area contributed by atoms with Gasteiger partial charge in [0.05, 0.1) is 5.52 Å². The molecule has 0 aliphatic carbocycles. The van der Waals surface area contributed by atoms with Gasteiger partial charge in [0, 0.05) is 21.7 Å². The smallest absolute Gasteiger partial charge is 0.139 e. The van der Waals surface area contributed by atoms with E-state index in [0.717, 1.165) is 16.7 Å². The van der Waals surface area contributed by atoms with Crippen LogP contribution < -0.4 is 0 Å². The normalized spacial score (nSPS) is 11.5. The number of para-hydroxylation sites is 2. The first kappa shape index (κ1) is 8.76. The molecule has 0 bridgehead atoms. The van der Waals surface area contributed by atoms with Crippen molar-refractivity contribution in [2.75, 3.05) is 0 Å². The lowest BCUT2D eigenvalue weighted by Crippen LogP contribution is -1.79. The fourth-order valence-electron chi connectivity index (χ4n) is 2.37. The molecule has 0 spiro atoms. The maximum Gasteiger partial charge on any atom is 0.139 e. The SMILES string of the molecule is c1ccc2nc3[nH]c4ccccc4c3cc2c1. The minimum atomic E-state index is 0.963. The predicted octanol–water partition coefficient (Wildman–Crippen LogP) is 3.87. The first-order chi connectivity index (χ1) is 8.42. The molecule has 0 amide bonds. The first-order valence-electron chi connectivity index (χ1n) is 5.68. The molecule has 0 radical (unpaired) electrons. The molecule has 2 aromatic heterocycles. The summed E-state index contributed by atoms with van der Waals surface area (Å²) in [6, 6.07) is 18.7. The van der Waals surface area contributed by atoms with Gasteiger partial charge < -0.3 is 4.98 Å². The van der Waals surface area contributed by atoms with Crippen molar-refractivity contribution in [3.05, 3.63) is 54.6 Å². The summed E-state index contributed by atoms with van der Waals surface area (Å²) in [6.45, 7) is 0. The minimum Gasteiger partial charge on any atom is -0.339 e. The highest BCUT2D eigenvalue weighted by molar-refractivity contribution is 6.09. The van der Waals surface area contributed by atoms with E-state index in [1.54, 1.807) is 0 Å². The summed E-state index contributed by atoms with van der Waals surface area (Å²) >= 11 is 0. The van der Waals surface area contributed by atoms with Crippen LogP contribution >= 0.6 is 0 Å². The Kier molecular flexibility index (Phi) is 1.59. The van der Waals surface area contributed by atoms with E-state index >= 15 is 0 Å². The lowest BCUT2D eigenvalue weighted by molar-refractivity contribution is 1.40. The zero-order valence-corrected chi connectivity index (χ0v) is 9.14. The molecule has 2 heterocycles. The highest BCUT2D eigenvalue weighted by atomic mass is 14.9. The highest BCUT2D eigenvalue weighted by Gasteiger charge is 2.05. The number of pyridine rings is 1. The molecule has 2 aromatic carbocycles. The number of nitrogens with one attached hydrogen (secondary N) is 1. The Morgan fingerprint density at radius 1 is 0.824 bits per heavy atom. The number of rotatable bonds is 0. The Morgan fingerprint density at radius 3 is 2.65 bits per heavy atom. The maximum absolute atomic E-state index is 4.66. The lowest BCUT2D eigenvalue weighted by Gasteiger charge is -1.96. The van der Waals surface area contributed by atoms with Crippen LogP contribution in [0.3, 0.4) is 0 Å². The Labute approximate surface area is 97.9 Å². The van der Waals surface area contributed by atoms with Crippen molar-refractivity contribution >= 4 is 32.8 Å². The number of benzene rings is 2. The average Bonchev–Trinajstić information content (AvgIpc) is 2.73. The number of fused-ring (bicyclic) bond motifs is 4. The second-order valence-corrected chi connectivity index (χ2v) is 4.25. The van der Waals surface area contributed by atoms with Crippen LogP contribution in [-0.4, -0.2) is 9.97 Å². The van der Waals surface area contributed by atoms with Crippen molar-refractivity contribution in [2.45, 2.75) is 0 Å². The number of H-pyrrole nitrogens is 1. The van der Waals surface area contributed by atoms with Crippen LogP contribution in [-0.2, 0) is 0 Å². The van der Waals surface area contributed by atoms with Gasteiger partial charge in [-0.3, -0.25) is 0 Å². The van der Waals surface area contributed by atoms with E-state index in [0.29, 0.717) is 0 Å². The number of hydrogen-bond donors (Lipinski definition) is 1. The summed E-state index contributed by atoms with van der Waals surface area (Å²) < 4.78 is 0. The van der Waals surface area contributed by atoms with Crippen molar-refractivity contribution < 1.29 is 0 Å². The van der Waals surface area contributed by atoms with E-state index in [1.165, 1.54) is 16.2 Å². The van der Waals surface area contributed by atoms with Crippen molar-refractivity contribution in [3.63, 3.8) is 0 Å². The molecule has 0 aliphatic heterocycles. The van der Waals surface area contributed by atoms with Gasteiger partial charge in [-0.25, -0.2) is 4.98 Å². The van der Waals surface area contributed by atoms with Gasteiger partial charge in [0.2, 0.25) is 0 Å². The van der Waals surface area contributed by atoms with Crippen LogP contribution in [0.25, 0.3) is 32.8 Å². The Morgan fingerprint density at radius 2 is 1.65 bits per heavy atom. The largest absolute Gasteiger partial charge is 0.339 e. The van der Waals surface area contributed by atoms with Crippen molar-refractivity contribution in [3.8, 4) is 0 Å². The Balaban J connectivity index is 2.28. The van der Waals surface area contributed by atoms with Crippen molar-refractivity contribution in [1.29, 1.82) is 0 Å². The predicted molar refractivity (Wildman–Crippen MR) is 71.1 cm³/mol. The zero-order chi connectivity index (χ0) is 11.2. The molecule has 2 nitrogen and oxygen atoms in total. The molecule has 0 atom stereocenters. The van der Waals surface area contributed by atoms with Crippen LogP contribution in [0.4, 0.5) is 0 Å². The second-order valence-electron chi connectivity index (χ2n) is 4.25. The summed E-state index contributed by atoms with van der Waals surface area (Å²) in [5.74, 6) is 0. The molecule has 2 heteroatoms. The van der Waals surface area contributed by atoms with Crippen molar-refractivity contribution in [1.82, 2.24) is 9.97 Å². The second kappa shape index (κ2) is 3.08. The monoisotopic (exact) mass is 218 g/mol. The lowest BCUT2D eigenvalue weighted by atomic mass is 10.1. The molecular weight excluding hydrogens is 208 g/mol. The Bertz CT molecular complexity index is 837. The van der Waals surface area contributed by atoms with Gasteiger partial charge >= 0.3 is 0 Å². The van der Waals surface area contributed by atoms with E-state index in [4.69, 9.17) is 0 Å². The van der Waals surface area contributed by atoms with E-state index in [1.807, 2.05) is 24.3 Å². The van der Waals surface area contributed by atoms with Crippen LogP contribution in [0.15, 0.2) is 54.6 Å². The molecule has 0 saturated carbocycles. The molecule has 0 unspecified atom stereocenters. The van der Waals surface area contributed by atoms with Gasteiger partial charge in [0.25, 0.3) is 0 Å². The standard InChI is InChI=1S/C15H10N2/c1-3-7-13-10(5-1)9-12-11-6-2-4-8-14(11)17-15(12)16-13/h1-9H,(H,16,17). The van der Waals surface area contributed by atoms with Gasteiger partial charge in [0.15, 0.2) is 0 Å².